The Morgan fingerprint density at radius 1 is 1.35 bits per heavy atom. The lowest BCUT2D eigenvalue weighted by Gasteiger charge is -2.30. The molecule has 2 N–H and O–H groups in total. The summed E-state index contributed by atoms with van der Waals surface area (Å²) < 4.78 is 5.73. The van der Waals surface area contributed by atoms with Gasteiger partial charge in [0.1, 0.15) is 0 Å². The monoisotopic (exact) mass is 452 g/mol. The Morgan fingerprint density at radius 3 is 2.74 bits per heavy atom. The minimum Gasteiger partial charge on any atom is -0.374 e. The van der Waals surface area contributed by atoms with Gasteiger partial charge in [-0.05, 0) is 31.2 Å². The number of hydrogen-bond donors (Lipinski definition) is 2. The van der Waals surface area contributed by atoms with Crippen molar-refractivity contribution in [3.63, 3.8) is 0 Å². The van der Waals surface area contributed by atoms with Crippen LogP contribution in [0.2, 0.25) is 5.02 Å². The first kappa shape index (κ1) is 20.5. The zero-order valence-electron chi connectivity index (χ0n) is 13.7. The van der Waals surface area contributed by atoms with E-state index < -0.39 is 0 Å². The van der Waals surface area contributed by atoms with E-state index in [1.807, 2.05) is 24.3 Å². The van der Waals surface area contributed by atoms with Crippen LogP contribution in [0.15, 0.2) is 29.3 Å². The van der Waals surface area contributed by atoms with Gasteiger partial charge in [-0.25, -0.2) is 0 Å². The average molecular weight is 453 g/mol. The minimum absolute atomic E-state index is 0. The third-order valence-electron chi connectivity index (χ3n) is 3.68. The Morgan fingerprint density at radius 2 is 2.09 bits per heavy atom. The van der Waals surface area contributed by atoms with Crippen molar-refractivity contribution in [2.24, 2.45) is 4.99 Å². The van der Waals surface area contributed by atoms with Crippen LogP contribution in [0.4, 0.5) is 0 Å². The van der Waals surface area contributed by atoms with Gasteiger partial charge in [0.2, 0.25) is 0 Å². The number of morpholine rings is 1. The van der Waals surface area contributed by atoms with Crippen molar-refractivity contribution in [1.29, 1.82) is 0 Å². The van der Waals surface area contributed by atoms with E-state index in [1.165, 1.54) is 5.56 Å². The normalized spacial score (nSPS) is 19.1. The Bertz CT molecular complexity index is 483. The first-order chi connectivity index (χ1) is 10.7. The molecule has 1 unspecified atom stereocenters. The highest BCUT2D eigenvalue weighted by Gasteiger charge is 2.17. The van der Waals surface area contributed by atoms with Crippen LogP contribution in [-0.2, 0) is 11.2 Å². The van der Waals surface area contributed by atoms with E-state index in [0.29, 0.717) is 0 Å². The van der Waals surface area contributed by atoms with E-state index in [2.05, 4.69) is 27.6 Å². The van der Waals surface area contributed by atoms with Gasteiger partial charge >= 0.3 is 0 Å². The molecular weight excluding hydrogens is 427 g/mol. The smallest absolute Gasteiger partial charge is 0.191 e. The van der Waals surface area contributed by atoms with Crippen molar-refractivity contribution >= 4 is 41.5 Å². The molecule has 7 heteroatoms. The van der Waals surface area contributed by atoms with Crippen LogP contribution in [-0.4, -0.2) is 63.8 Å². The molecule has 0 radical (unpaired) electrons. The fraction of sp³-hybridized carbons (Fsp3) is 0.562. The molecule has 0 bridgehead atoms. The molecule has 1 heterocycles. The van der Waals surface area contributed by atoms with E-state index in [0.717, 1.165) is 50.2 Å². The second-order valence-electron chi connectivity index (χ2n) is 5.51. The molecule has 1 aromatic carbocycles. The molecule has 1 aromatic rings. The lowest BCUT2D eigenvalue weighted by Crippen LogP contribution is -2.48. The SMILES string of the molecule is CN=C(NCCc1ccc(Cl)cc1)NCC1CN(C)CCO1.I. The number of benzene rings is 1. The van der Waals surface area contributed by atoms with Crippen LogP contribution in [0.3, 0.4) is 0 Å². The molecule has 5 nitrogen and oxygen atoms in total. The van der Waals surface area contributed by atoms with Gasteiger partial charge in [0.05, 0.1) is 12.7 Å². The van der Waals surface area contributed by atoms with E-state index in [9.17, 15) is 0 Å². The lowest BCUT2D eigenvalue weighted by atomic mass is 10.1. The number of halogens is 2. The summed E-state index contributed by atoms with van der Waals surface area (Å²) in [5.41, 5.74) is 1.25. The number of guanidine groups is 1. The van der Waals surface area contributed by atoms with Crippen molar-refractivity contribution < 1.29 is 4.74 Å². The zero-order chi connectivity index (χ0) is 15.8. The number of nitrogens with one attached hydrogen (secondary N) is 2. The summed E-state index contributed by atoms with van der Waals surface area (Å²) in [5, 5.41) is 7.41. The van der Waals surface area contributed by atoms with Gasteiger partial charge in [-0.15, -0.1) is 24.0 Å². The third kappa shape index (κ3) is 7.69. The van der Waals surface area contributed by atoms with Crippen LogP contribution in [0.1, 0.15) is 5.56 Å². The minimum atomic E-state index is 0. The summed E-state index contributed by atoms with van der Waals surface area (Å²) in [6.45, 7) is 4.35. The average Bonchev–Trinajstić information content (AvgIpc) is 2.52. The molecule has 1 saturated heterocycles. The highest BCUT2D eigenvalue weighted by Crippen LogP contribution is 2.09. The van der Waals surface area contributed by atoms with Crippen LogP contribution in [0, 0.1) is 0 Å². The number of likely N-dealkylation sites (N-methyl/N-ethyl adjacent to an activating group) is 1. The topological polar surface area (TPSA) is 48.9 Å². The van der Waals surface area contributed by atoms with Gasteiger partial charge in [0.25, 0.3) is 0 Å². The summed E-state index contributed by atoms with van der Waals surface area (Å²) in [6, 6.07) is 7.93. The van der Waals surface area contributed by atoms with E-state index in [4.69, 9.17) is 16.3 Å². The lowest BCUT2D eigenvalue weighted by molar-refractivity contribution is -0.0161. The maximum atomic E-state index is 5.88. The molecule has 0 amide bonds. The van der Waals surface area contributed by atoms with Crippen LogP contribution in [0.5, 0.6) is 0 Å². The summed E-state index contributed by atoms with van der Waals surface area (Å²) in [5.74, 6) is 0.811. The quantitative estimate of drug-likeness (QED) is 0.408. The van der Waals surface area contributed by atoms with Crippen molar-refractivity contribution in [1.82, 2.24) is 15.5 Å². The van der Waals surface area contributed by atoms with Crippen LogP contribution >= 0.6 is 35.6 Å². The van der Waals surface area contributed by atoms with Crippen LogP contribution < -0.4 is 10.6 Å². The molecule has 1 aliphatic rings. The van der Waals surface area contributed by atoms with Gasteiger partial charge in [-0.2, -0.15) is 0 Å². The summed E-state index contributed by atoms with van der Waals surface area (Å²) in [7, 11) is 3.90. The van der Waals surface area contributed by atoms with Gasteiger partial charge in [0, 0.05) is 38.2 Å². The van der Waals surface area contributed by atoms with Gasteiger partial charge in [-0.3, -0.25) is 4.99 Å². The fourth-order valence-electron chi connectivity index (χ4n) is 2.40. The van der Waals surface area contributed by atoms with Crippen molar-refractivity contribution in [3.8, 4) is 0 Å². The van der Waals surface area contributed by atoms with Gasteiger partial charge in [-0.1, -0.05) is 23.7 Å². The third-order valence-corrected chi connectivity index (χ3v) is 3.93. The van der Waals surface area contributed by atoms with E-state index >= 15 is 0 Å². The maximum Gasteiger partial charge on any atom is 0.191 e. The maximum absolute atomic E-state index is 5.88. The second kappa shape index (κ2) is 11.1. The first-order valence-corrected chi connectivity index (χ1v) is 8.04. The molecule has 0 spiro atoms. The highest BCUT2D eigenvalue weighted by molar-refractivity contribution is 14.0. The van der Waals surface area contributed by atoms with E-state index in [-0.39, 0.29) is 30.1 Å². The molecule has 0 saturated carbocycles. The first-order valence-electron chi connectivity index (χ1n) is 7.66. The van der Waals surface area contributed by atoms with Crippen LogP contribution in [0.25, 0.3) is 0 Å². The molecule has 1 fully saturated rings. The van der Waals surface area contributed by atoms with E-state index in [1.54, 1.807) is 7.05 Å². The van der Waals surface area contributed by atoms with Gasteiger partial charge < -0.3 is 20.3 Å². The number of aliphatic imine (C=N–C) groups is 1. The second-order valence-corrected chi connectivity index (χ2v) is 5.95. The number of nitrogens with zero attached hydrogens (tertiary/aromatic N) is 2. The zero-order valence-corrected chi connectivity index (χ0v) is 16.8. The number of hydrogen-bond acceptors (Lipinski definition) is 3. The summed E-state index contributed by atoms with van der Waals surface area (Å²) in [4.78, 5) is 6.53. The molecule has 23 heavy (non-hydrogen) atoms. The molecule has 130 valence electrons. The number of ether oxygens (including phenoxy) is 1. The number of rotatable bonds is 5. The Kier molecular flexibility index (Phi) is 9.85. The molecule has 1 atom stereocenters. The Balaban J connectivity index is 0.00000264. The predicted molar refractivity (Wildman–Crippen MR) is 107 cm³/mol. The summed E-state index contributed by atoms with van der Waals surface area (Å²) >= 11 is 5.88. The molecule has 0 aliphatic carbocycles. The molecule has 1 aliphatic heterocycles. The highest BCUT2D eigenvalue weighted by atomic mass is 127. The van der Waals surface area contributed by atoms with Crippen molar-refractivity contribution in [2.75, 3.05) is 46.9 Å². The predicted octanol–water partition coefficient (Wildman–Crippen LogP) is 2.00. The fourth-order valence-corrected chi connectivity index (χ4v) is 2.52. The molecule has 2 rings (SSSR count). The standard InChI is InChI=1S/C16H25ClN4O.HI/c1-18-16(20-11-15-12-21(2)9-10-22-15)19-8-7-13-3-5-14(17)6-4-13;/h3-6,15H,7-12H2,1-2H3,(H2,18,19,20);1H. The van der Waals surface area contributed by atoms with Crippen molar-refractivity contribution in [2.45, 2.75) is 12.5 Å². The Labute approximate surface area is 160 Å². The Hall–Kier alpha value is -0.570. The van der Waals surface area contributed by atoms with Gasteiger partial charge in [0.15, 0.2) is 5.96 Å². The molecular formula is C16H26ClIN4O. The molecule has 0 aromatic heterocycles. The van der Waals surface area contributed by atoms with Crippen molar-refractivity contribution in [3.05, 3.63) is 34.9 Å². The largest absolute Gasteiger partial charge is 0.374 e. The summed E-state index contributed by atoms with van der Waals surface area (Å²) in [6.07, 6.45) is 1.15.